The van der Waals surface area contributed by atoms with Gasteiger partial charge in [0.25, 0.3) is 0 Å². The van der Waals surface area contributed by atoms with Gasteiger partial charge in [0.15, 0.2) is 0 Å². The Bertz CT molecular complexity index is 1440. The minimum Gasteiger partial charge on any atom is -0.354 e. The van der Waals surface area contributed by atoms with Crippen LogP contribution in [-0.4, -0.2) is 50.5 Å². The summed E-state index contributed by atoms with van der Waals surface area (Å²) in [6.07, 6.45) is 3.42. The molecule has 7 nitrogen and oxygen atoms in total. The lowest BCUT2D eigenvalue weighted by atomic mass is 10.0. The van der Waals surface area contributed by atoms with Crippen LogP contribution in [0.5, 0.6) is 0 Å². The van der Waals surface area contributed by atoms with E-state index < -0.39 is 16.1 Å². The zero-order valence-electron chi connectivity index (χ0n) is 23.7. The third-order valence-electron chi connectivity index (χ3n) is 6.70. The Hall–Kier alpha value is -2.59. The van der Waals surface area contributed by atoms with E-state index in [2.05, 4.69) is 21.2 Å². The minimum absolute atomic E-state index is 0.0167. The quantitative estimate of drug-likeness (QED) is 0.176. The van der Waals surface area contributed by atoms with Gasteiger partial charge in [-0.15, -0.1) is 0 Å². The molecule has 42 heavy (non-hydrogen) atoms. The smallest absolute Gasteiger partial charge is 0.243 e. The van der Waals surface area contributed by atoms with Gasteiger partial charge in [-0.1, -0.05) is 94.9 Å². The first kappa shape index (κ1) is 33.9. The van der Waals surface area contributed by atoms with E-state index in [0.717, 1.165) is 39.0 Å². The van der Waals surface area contributed by atoms with Gasteiger partial charge >= 0.3 is 0 Å². The van der Waals surface area contributed by atoms with E-state index in [0.29, 0.717) is 18.0 Å². The number of hydrogen-bond acceptors (Lipinski definition) is 4. The number of sulfonamides is 1. The summed E-state index contributed by atoms with van der Waals surface area (Å²) in [5, 5.41) is 3.59. The largest absolute Gasteiger partial charge is 0.354 e. The molecule has 0 bridgehead atoms. The minimum atomic E-state index is -3.71. The van der Waals surface area contributed by atoms with Crippen molar-refractivity contribution >= 4 is 66.7 Å². The number of unbranched alkanes of at least 4 members (excludes halogenated alkanes) is 1. The van der Waals surface area contributed by atoms with Crippen molar-refractivity contribution in [1.29, 1.82) is 0 Å². The van der Waals surface area contributed by atoms with Gasteiger partial charge in [0, 0.05) is 42.0 Å². The van der Waals surface area contributed by atoms with Gasteiger partial charge in [-0.3, -0.25) is 13.9 Å². The van der Waals surface area contributed by atoms with Crippen molar-refractivity contribution in [2.24, 2.45) is 0 Å². The molecule has 0 heterocycles. The van der Waals surface area contributed by atoms with Crippen LogP contribution in [0.25, 0.3) is 0 Å². The summed E-state index contributed by atoms with van der Waals surface area (Å²) < 4.78 is 27.4. The van der Waals surface area contributed by atoms with Gasteiger partial charge in [0.05, 0.1) is 17.0 Å². The van der Waals surface area contributed by atoms with Crippen LogP contribution in [0, 0.1) is 0 Å². The zero-order valence-corrected chi connectivity index (χ0v) is 27.6. The van der Waals surface area contributed by atoms with Crippen molar-refractivity contribution in [2.75, 3.05) is 23.7 Å². The van der Waals surface area contributed by atoms with Gasteiger partial charge in [0.1, 0.15) is 6.04 Å². The summed E-state index contributed by atoms with van der Waals surface area (Å²) in [5.74, 6) is -0.476. The van der Waals surface area contributed by atoms with Crippen molar-refractivity contribution in [2.45, 2.75) is 51.6 Å². The molecule has 3 aromatic carbocycles. The predicted molar refractivity (Wildman–Crippen MR) is 174 cm³/mol. The van der Waals surface area contributed by atoms with E-state index in [1.165, 1.54) is 12.1 Å². The summed E-state index contributed by atoms with van der Waals surface area (Å²) in [6.45, 7) is 2.81. The summed E-state index contributed by atoms with van der Waals surface area (Å²) >= 11 is 15.9. The molecule has 0 saturated heterocycles. The average Bonchev–Trinajstić information content (AvgIpc) is 2.95. The van der Waals surface area contributed by atoms with Crippen LogP contribution in [-0.2, 0) is 32.6 Å². The van der Waals surface area contributed by atoms with Gasteiger partial charge in [-0.25, -0.2) is 8.42 Å². The second-order valence-corrected chi connectivity index (χ2v) is 13.7. The monoisotopic (exact) mass is 695 g/mol. The van der Waals surface area contributed by atoms with E-state index >= 15 is 0 Å². The molecule has 0 aromatic heterocycles. The highest BCUT2D eigenvalue weighted by atomic mass is 79.9. The summed E-state index contributed by atoms with van der Waals surface area (Å²) in [4.78, 5) is 29.1. The molecule has 0 aliphatic rings. The number of carbonyl (C=O) groups excluding carboxylic acids is 2. The SMILES string of the molecule is CCCCNC(=O)[C@H](Cc1ccccc1)N(Cc1ccc(Br)cc1)C(=O)CCCN(c1cc(Cl)ccc1Cl)S(C)(=O)=O. The van der Waals surface area contributed by atoms with E-state index in [9.17, 15) is 18.0 Å². The lowest BCUT2D eigenvalue weighted by molar-refractivity contribution is -0.141. The van der Waals surface area contributed by atoms with E-state index in [1.807, 2.05) is 61.5 Å². The van der Waals surface area contributed by atoms with Crippen LogP contribution in [0.3, 0.4) is 0 Å². The molecule has 3 rings (SSSR count). The first-order chi connectivity index (χ1) is 20.0. The molecule has 0 spiro atoms. The summed E-state index contributed by atoms with van der Waals surface area (Å²) in [7, 11) is -3.71. The summed E-state index contributed by atoms with van der Waals surface area (Å²) in [6, 6.07) is 21.0. The van der Waals surface area contributed by atoms with Crippen LogP contribution in [0.4, 0.5) is 5.69 Å². The normalized spacial score (nSPS) is 12.0. The van der Waals surface area contributed by atoms with Crippen LogP contribution in [0.2, 0.25) is 10.0 Å². The molecule has 0 unspecified atom stereocenters. The van der Waals surface area contributed by atoms with Crippen molar-refractivity contribution in [3.63, 3.8) is 0 Å². The first-order valence-electron chi connectivity index (χ1n) is 13.8. The van der Waals surface area contributed by atoms with Crippen LogP contribution in [0.15, 0.2) is 77.3 Å². The second-order valence-electron chi connectivity index (χ2n) is 10.0. The first-order valence-corrected chi connectivity index (χ1v) is 17.2. The average molecular weight is 698 g/mol. The standard InChI is InChI=1S/C31H36BrCl2N3O4S/c1-3-4-18-35-31(39)29(20-23-9-6-5-7-10-23)36(22-24-12-14-25(32)15-13-24)30(38)11-8-19-37(42(2,40)41)28-21-26(33)16-17-27(28)34/h5-7,9-10,12-17,21,29H,3-4,8,11,18-20,22H2,1-2H3,(H,35,39)/t29-/m0/s1. The topological polar surface area (TPSA) is 86.8 Å². The fourth-order valence-corrected chi connectivity index (χ4v) is 6.18. The van der Waals surface area contributed by atoms with E-state index in [4.69, 9.17) is 23.2 Å². The number of nitrogens with one attached hydrogen (secondary N) is 1. The third kappa shape index (κ3) is 10.3. The predicted octanol–water partition coefficient (Wildman–Crippen LogP) is 6.86. The molecule has 0 aliphatic carbocycles. The molecule has 0 radical (unpaired) electrons. The molecule has 2 amide bonds. The number of carbonyl (C=O) groups is 2. The Morgan fingerprint density at radius 3 is 2.29 bits per heavy atom. The number of nitrogens with zero attached hydrogens (tertiary/aromatic N) is 2. The fraction of sp³-hybridized carbons (Fsp3) is 0.355. The van der Waals surface area contributed by atoms with Gasteiger partial charge in [-0.2, -0.15) is 0 Å². The Kier molecular flexibility index (Phi) is 13.2. The summed E-state index contributed by atoms with van der Waals surface area (Å²) in [5.41, 5.74) is 2.05. The van der Waals surface area contributed by atoms with Gasteiger partial charge < -0.3 is 10.2 Å². The Balaban J connectivity index is 1.88. The lowest BCUT2D eigenvalue weighted by Crippen LogP contribution is -2.50. The fourth-order valence-electron chi connectivity index (χ4n) is 4.51. The highest BCUT2D eigenvalue weighted by Crippen LogP contribution is 2.31. The second kappa shape index (κ2) is 16.3. The number of hydrogen-bond donors (Lipinski definition) is 1. The number of amides is 2. The molecule has 11 heteroatoms. The number of benzene rings is 3. The number of rotatable bonds is 15. The molecule has 3 aromatic rings. The van der Waals surface area contributed by atoms with Gasteiger partial charge in [-0.05, 0) is 54.3 Å². The maximum Gasteiger partial charge on any atom is 0.243 e. The third-order valence-corrected chi connectivity index (χ3v) is 8.96. The van der Waals surface area contributed by atoms with Crippen LogP contribution in [0.1, 0.15) is 43.7 Å². The molecule has 1 N–H and O–H groups in total. The Labute approximate surface area is 267 Å². The number of anilines is 1. The molecule has 1 atom stereocenters. The molecular weight excluding hydrogens is 661 g/mol. The number of halogens is 3. The lowest BCUT2D eigenvalue weighted by Gasteiger charge is -2.32. The maximum atomic E-state index is 13.9. The van der Waals surface area contributed by atoms with Crippen molar-refractivity contribution < 1.29 is 18.0 Å². The van der Waals surface area contributed by atoms with Crippen molar-refractivity contribution in [3.05, 3.63) is 98.4 Å². The Morgan fingerprint density at radius 1 is 0.952 bits per heavy atom. The molecular formula is C31H36BrCl2N3O4S. The van der Waals surface area contributed by atoms with Crippen LogP contribution >= 0.6 is 39.1 Å². The van der Waals surface area contributed by atoms with E-state index in [1.54, 1.807) is 11.0 Å². The van der Waals surface area contributed by atoms with Crippen LogP contribution < -0.4 is 9.62 Å². The Morgan fingerprint density at radius 2 is 1.64 bits per heavy atom. The molecule has 226 valence electrons. The highest BCUT2D eigenvalue weighted by Gasteiger charge is 2.30. The molecule has 0 saturated carbocycles. The van der Waals surface area contributed by atoms with Gasteiger partial charge in [0.2, 0.25) is 21.8 Å². The van der Waals surface area contributed by atoms with Crippen molar-refractivity contribution in [3.8, 4) is 0 Å². The van der Waals surface area contributed by atoms with E-state index in [-0.39, 0.29) is 48.5 Å². The van der Waals surface area contributed by atoms with Crippen molar-refractivity contribution in [1.82, 2.24) is 10.2 Å². The maximum absolute atomic E-state index is 13.9. The molecule has 0 fully saturated rings. The highest BCUT2D eigenvalue weighted by molar-refractivity contribution is 9.10. The molecule has 0 aliphatic heterocycles. The zero-order chi connectivity index (χ0) is 30.7.